The summed E-state index contributed by atoms with van der Waals surface area (Å²) in [5, 5.41) is 0. The normalized spacial score (nSPS) is 10.1. The van der Waals surface area contributed by atoms with Crippen LogP contribution in [0, 0.1) is 6.92 Å². The van der Waals surface area contributed by atoms with Gasteiger partial charge in [-0.15, -0.1) is 0 Å². The number of nitrogens with zero attached hydrogens (tertiary/aromatic N) is 2. The number of aromatic nitrogens is 3. The number of H-pyrrole nitrogens is 1. The molecular weight excluding hydrogens is 198 g/mol. The van der Waals surface area contributed by atoms with Crippen LogP contribution in [0.4, 0.5) is 0 Å². The molecule has 0 amide bonds. The van der Waals surface area contributed by atoms with Crippen molar-refractivity contribution < 1.29 is 0 Å². The topological polar surface area (TPSA) is 41.6 Å². The van der Waals surface area contributed by atoms with Gasteiger partial charge in [-0.1, -0.05) is 13.2 Å². The average Bonchev–Trinajstić information content (AvgIpc) is 2.70. The van der Waals surface area contributed by atoms with Gasteiger partial charge < -0.3 is 4.98 Å². The van der Waals surface area contributed by atoms with Crippen molar-refractivity contribution in [2.75, 3.05) is 0 Å². The minimum Gasteiger partial charge on any atom is -0.342 e. The van der Waals surface area contributed by atoms with E-state index in [1.807, 2.05) is 19.1 Å². The van der Waals surface area contributed by atoms with E-state index in [2.05, 4.69) is 28.1 Å². The molecule has 80 valence electrons. The lowest BCUT2D eigenvalue weighted by molar-refractivity contribution is 1.14. The SMILES string of the molecule is C=Cc1[nH]c(C)nc1C(=C)c1ccncc1. The minimum atomic E-state index is 0.846. The molecule has 0 aliphatic carbocycles. The lowest BCUT2D eigenvalue weighted by Gasteiger charge is -2.03. The number of imidazole rings is 1. The molecule has 0 spiro atoms. The summed E-state index contributed by atoms with van der Waals surface area (Å²) in [6, 6.07) is 3.83. The first-order valence-electron chi connectivity index (χ1n) is 5.01. The Morgan fingerprint density at radius 1 is 1.38 bits per heavy atom. The van der Waals surface area contributed by atoms with Gasteiger partial charge in [0.15, 0.2) is 0 Å². The number of aromatic amines is 1. The highest BCUT2D eigenvalue weighted by atomic mass is 14.9. The van der Waals surface area contributed by atoms with Crippen molar-refractivity contribution in [1.29, 1.82) is 0 Å². The molecule has 0 bridgehead atoms. The van der Waals surface area contributed by atoms with Crippen molar-refractivity contribution in [2.24, 2.45) is 0 Å². The van der Waals surface area contributed by atoms with E-state index in [1.54, 1.807) is 18.5 Å². The van der Waals surface area contributed by atoms with E-state index in [-0.39, 0.29) is 0 Å². The smallest absolute Gasteiger partial charge is 0.104 e. The number of pyridine rings is 1. The van der Waals surface area contributed by atoms with Crippen molar-refractivity contribution in [2.45, 2.75) is 6.92 Å². The van der Waals surface area contributed by atoms with Gasteiger partial charge in [0.2, 0.25) is 0 Å². The third-order valence-corrected chi connectivity index (χ3v) is 2.37. The van der Waals surface area contributed by atoms with Gasteiger partial charge in [-0.3, -0.25) is 4.98 Å². The number of hydrogen-bond acceptors (Lipinski definition) is 2. The van der Waals surface area contributed by atoms with Gasteiger partial charge in [-0.2, -0.15) is 0 Å². The Bertz CT molecular complexity index is 523. The summed E-state index contributed by atoms with van der Waals surface area (Å²) in [7, 11) is 0. The summed E-state index contributed by atoms with van der Waals surface area (Å²) in [5.74, 6) is 0.861. The first-order chi connectivity index (χ1) is 7.72. The maximum atomic E-state index is 4.41. The van der Waals surface area contributed by atoms with Crippen LogP contribution in [0.5, 0.6) is 0 Å². The molecule has 0 atom stereocenters. The standard InChI is InChI=1S/C13H13N3/c1-4-12-13(16-10(3)15-12)9(2)11-5-7-14-8-6-11/h4-8H,1-2H2,3H3,(H,15,16). The van der Waals surface area contributed by atoms with Crippen LogP contribution in [0.25, 0.3) is 11.6 Å². The molecule has 0 saturated heterocycles. The first-order valence-corrected chi connectivity index (χ1v) is 5.01. The lowest BCUT2D eigenvalue weighted by atomic mass is 10.0. The Labute approximate surface area is 94.6 Å². The van der Waals surface area contributed by atoms with Crippen molar-refractivity contribution >= 4 is 11.6 Å². The van der Waals surface area contributed by atoms with E-state index in [4.69, 9.17) is 0 Å². The predicted molar refractivity (Wildman–Crippen MR) is 65.8 cm³/mol. The highest BCUT2D eigenvalue weighted by Gasteiger charge is 2.10. The van der Waals surface area contributed by atoms with Gasteiger partial charge in [0, 0.05) is 18.0 Å². The molecule has 0 unspecified atom stereocenters. The molecule has 0 saturated carbocycles. The fourth-order valence-corrected chi connectivity index (χ4v) is 1.58. The monoisotopic (exact) mass is 211 g/mol. The van der Waals surface area contributed by atoms with Crippen LogP contribution in [0.15, 0.2) is 37.7 Å². The zero-order chi connectivity index (χ0) is 11.5. The van der Waals surface area contributed by atoms with Crippen LogP contribution < -0.4 is 0 Å². The maximum absolute atomic E-state index is 4.41. The van der Waals surface area contributed by atoms with Crippen LogP contribution >= 0.6 is 0 Å². The van der Waals surface area contributed by atoms with Gasteiger partial charge in [0.25, 0.3) is 0 Å². The Balaban J connectivity index is 2.45. The molecule has 3 heteroatoms. The summed E-state index contributed by atoms with van der Waals surface area (Å²) in [5.41, 5.74) is 3.64. The van der Waals surface area contributed by atoms with Crippen LogP contribution in [0.3, 0.4) is 0 Å². The summed E-state index contributed by atoms with van der Waals surface area (Å²) in [4.78, 5) is 11.5. The first kappa shape index (κ1) is 10.4. The number of hydrogen-bond donors (Lipinski definition) is 1. The van der Waals surface area contributed by atoms with Crippen molar-refractivity contribution in [3.8, 4) is 0 Å². The zero-order valence-electron chi connectivity index (χ0n) is 9.20. The van der Waals surface area contributed by atoms with Gasteiger partial charge in [0.1, 0.15) is 5.82 Å². The van der Waals surface area contributed by atoms with Crippen LogP contribution in [-0.2, 0) is 0 Å². The Morgan fingerprint density at radius 3 is 2.69 bits per heavy atom. The quantitative estimate of drug-likeness (QED) is 0.848. The third kappa shape index (κ3) is 1.80. The van der Waals surface area contributed by atoms with E-state index in [0.717, 1.165) is 28.3 Å². The average molecular weight is 211 g/mol. The second-order valence-corrected chi connectivity index (χ2v) is 3.50. The van der Waals surface area contributed by atoms with Crippen molar-refractivity contribution in [3.05, 3.63) is 60.5 Å². The fraction of sp³-hybridized carbons (Fsp3) is 0.0769. The Hall–Kier alpha value is -2.16. The largest absolute Gasteiger partial charge is 0.342 e. The molecule has 2 aromatic rings. The van der Waals surface area contributed by atoms with Crippen molar-refractivity contribution in [3.63, 3.8) is 0 Å². The molecule has 16 heavy (non-hydrogen) atoms. The number of aryl methyl sites for hydroxylation is 1. The maximum Gasteiger partial charge on any atom is 0.104 e. The molecule has 0 aromatic carbocycles. The number of rotatable bonds is 3. The van der Waals surface area contributed by atoms with Gasteiger partial charge >= 0.3 is 0 Å². The van der Waals surface area contributed by atoms with Crippen LogP contribution in [-0.4, -0.2) is 15.0 Å². The molecule has 0 aliphatic rings. The van der Waals surface area contributed by atoms with Gasteiger partial charge in [0.05, 0.1) is 11.4 Å². The summed E-state index contributed by atoms with van der Waals surface area (Å²) in [6.45, 7) is 9.73. The molecule has 0 radical (unpaired) electrons. The summed E-state index contributed by atoms with van der Waals surface area (Å²) < 4.78 is 0. The third-order valence-electron chi connectivity index (χ3n) is 2.37. The molecule has 0 fully saturated rings. The molecule has 2 aromatic heterocycles. The van der Waals surface area contributed by atoms with Gasteiger partial charge in [-0.05, 0) is 30.7 Å². The van der Waals surface area contributed by atoms with Crippen molar-refractivity contribution in [1.82, 2.24) is 15.0 Å². The fourth-order valence-electron chi connectivity index (χ4n) is 1.58. The van der Waals surface area contributed by atoms with E-state index >= 15 is 0 Å². The number of nitrogens with one attached hydrogen (secondary N) is 1. The van der Waals surface area contributed by atoms with E-state index in [9.17, 15) is 0 Å². The predicted octanol–water partition coefficient (Wildman–Crippen LogP) is 2.82. The molecule has 0 aliphatic heterocycles. The van der Waals surface area contributed by atoms with E-state index in [1.165, 1.54) is 0 Å². The Kier molecular flexibility index (Phi) is 2.68. The van der Waals surface area contributed by atoms with Crippen LogP contribution in [0.1, 0.15) is 22.8 Å². The highest BCUT2D eigenvalue weighted by Crippen LogP contribution is 2.22. The molecular formula is C13H13N3. The molecule has 3 nitrogen and oxygen atoms in total. The summed E-state index contributed by atoms with van der Waals surface area (Å²) in [6.07, 6.45) is 5.24. The zero-order valence-corrected chi connectivity index (χ0v) is 9.20. The van der Waals surface area contributed by atoms with E-state index in [0.29, 0.717) is 0 Å². The summed E-state index contributed by atoms with van der Waals surface area (Å²) >= 11 is 0. The second kappa shape index (κ2) is 4.14. The highest BCUT2D eigenvalue weighted by molar-refractivity contribution is 5.79. The minimum absolute atomic E-state index is 0.846. The lowest BCUT2D eigenvalue weighted by Crippen LogP contribution is -1.89. The molecule has 2 rings (SSSR count). The van der Waals surface area contributed by atoms with Crippen LogP contribution in [0.2, 0.25) is 0 Å². The molecule has 1 N–H and O–H groups in total. The van der Waals surface area contributed by atoms with Gasteiger partial charge in [-0.25, -0.2) is 4.98 Å². The second-order valence-electron chi connectivity index (χ2n) is 3.50. The van der Waals surface area contributed by atoms with E-state index < -0.39 is 0 Å². The molecule has 2 heterocycles. The Morgan fingerprint density at radius 2 is 2.06 bits per heavy atom.